The van der Waals surface area contributed by atoms with Gasteiger partial charge in [-0.2, -0.15) is 0 Å². The van der Waals surface area contributed by atoms with Crippen molar-refractivity contribution in [2.24, 2.45) is 0 Å². The predicted octanol–water partition coefficient (Wildman–Crippen LogP) is 2.32. The molecule has 1 heteroatoms. The molecule has 0 bridgehead atoms. The molecule has 0 aliphatic heterocycles. The quantitative estimate of drug-likeness (QED) is 0.294. The minimum Gasteiger partial charge on any atom is -0.103 e. The highest BCUT2D eigenvalue weighted by Crippen LogP contribution is 2.08. The summed E-state index contributed by atoms with van der Waals surface area (Å²) in [5.74, 6) is 0.356. The van der Waals surface area contributed by atoms with Gasteiger partial charge in [-0.25, -0.2) is 0 Å². The predicted molar refractivity (Wildman–Crippen MR) is 39.2 cm³/mol. The molecule has 44 valence electrons. The van der Waals surface area contributed by atoms with Crippen molar-refractivity contribution in [1.82, 2.24) is 0 Å². The maximum atomic E-state index is 5.50. The van der Waals surface area contributed by atoms with Gasteiger partial charge in [0.25, 0.3) is 0 Å². The molecule has 0 spiro atoms. The summed E-state index contributed by atoms with van der Waals surface area (Å²) < 4.78 is 0. The second-order valence-electron chi connectivity index (χ2n) is 2.20. The van der Waals surface area contributed by atoms with Crippen LogP contribution in [0.5, 0.6) is 0 Å². The Balaban J connectivity index is 2.81. The lowest BCUT2D eigenvalue weighted by atomic mass is 9.85. The van der Waals surface area contributed by atoms with Crippen molar-refractivity contribution < 1.29 is 0 Å². The molecule has 1 atom stereocenters. The molecular formula is C7H13B. The zero-order valence-electron chi connectivity index (χ0n) is 5.56. The molecule has 1 unspecified atom stereocenters. The molecule has 0 amide bonds. The summed E-state index contributed by atoms with van der Waals surface area (Å²) in [6.07, 6.45) is 5.33. The summed E-state index contributed by atoms with van der Waals surface area (Å²) in [7, 11) is 5.50. The fraction of sp³-hybridized carbons (Fsp3) is 0.714. The number of rotatable bonds is 4. The molecule has 0 aliphatic carbocycles. The zero-order valence-corrected chi connectivity index (χ0v) is 5.56. The summed E-state index contributed by atoms with van der Waals surface area (Å²) in [5.41, 5.74) is 0. The first-order valence-electron chi connectivity index (χ1n) is 3.14. The van der Waals surface area contributed by atoms with E-state index >= 15 is 0 Å². The summed E-state index contributed by atoms with van der Waals surface area (Å²) >= 11 is 0. The van der Waals surface area contributed by atoms with E-state index in [0.717, 1.165) is 12.8 Å². The van der Waals surface area contributed by atoms with E-state index in [9.17, 15) is 0 Å². The van der Waals surface area contributed by atoms with Gasteiger partial charge in [0.2, 0.25) is 0 Å². The van der Waals surface area contributed by atoms with Gasteiger partial charge < -0.3 is 0 Å². The normalized spacial score (nSPS) is 13.1. The van der Waals surface area contributed by atoms with Crippen LogP contribution in [0, 0.1) is 0 Å². The van der Waals surface area contributed by atoms with Crippen molar-refractivity contribution in [3.63, 3.8) is 0 Å². The molecule has 0 aromatic carbocycles. The van der Waals surface area contributed by atoms with Crippen LogP contribution in [0.25, 0.3) is 0 Å². The molecule has 0 N–H and O–H groups in total. The van der Waals surface area contributed by atoms with Crippen LogP contribution in [0.15, 0.2) is 12.7 Å². The maximum absolute atomic E-state index is 5.50. The molecule has 0 rings (SSSR count). The van der Waals surface area contributed by atoms with Crippen molar-refractivity contribution in [3.8, 4) is 0 Å². The number of unbranched alkanes of at least 4 members (excludes halogenated alkanes) is 1. The average molecular weight is 108 g/mol. The first-order valence-corrected chi connectivity index (χ1v) is 3.14. The van der Waals surface area contributed by atoms with Gasteiger partial charge in [-0.15, -0.1) is 6.58 Å². The molecule has 0 aromatic heterocycles. The molecule has 0 fully saturated rings. The van der Waals surface area contributed by atoms with Crippen molar-refractivity contribution in [3.05, 3.63) is 12.7 Å². The molecule has 0 heterocycles. The summed E-state index contributed by atoms with van der Waals surface area (Å²) in [6.45, 7) is 5.65. The van der Waals surface area contributed by atoms with Crippen molar-refractivity contribution >= 4 is 7.85 Å². The van der Waals surface area contributed by atoms with E-state index in [4.69, 9.17) is 7.85 Å². The van der Waals surface area contributed by atoms with Crippen LogP contribution in [0.2, 0.25) is 5.82 Å². The van der Waals surface area contributed by atoms with Crippen LogP contribution < -0.4 is 0 Å². The third-order valence-corrected chi connectivity index (χ3v) is 1.07. The highest BCUT2D eigenvalue weighted by Gasteiger charge is 1.89. The van der Waals surface area contributed by atoms with Crippen LogP contribution in [-0.2, 0) is 0 Å². The lowest BCUT2D eigenvalue weighted by Crippen LogP contribution is -1.83. The Hall–Kier alpha value is -0.195. The van der Waals surface area contributed by atoms with Gasteiger partial charge in [0, 0.05) is 0 Å². The van der Waals surface area contributed by atoms with Crippen LogP contribution in [-0.4, -0.2) is 7.85 Å². The third-order valence-electron chi connectivity index (χ3n) is 1.07. The van der Waals surface area contributed by atoms with Crippen LogP contribution >= 0.6 is 0 Å². The van der Waals surface area contributed by atoms with Gasteiger partial charge in [0.05, 0.1) is 7.85 Å². The monoisotopic (exact) mass is 108 g/mol. The lowest BCUT2D eigenvalue weighted by molar-refractivity contribution is 0.728. The van der Waals surface area contributed by atoms with Gasteiger partial charge in [-0.1, -0.05) is 31.7 Å². The molecule has 8 heavy (non-hydrogen) atoms. The Kier molecular flexibility index (Phi) is 4.83. The highest BCUT2D eigenvalue weighted by molar-refractivity contribution is 6.11. The van der Waals surface area contributed by atoms with Gasteiger partial charge in [-0.3, -0.25) is 0 Å². The molecule has 0 saturated heterocycles. The molecule has 0 aliphatic rings. The van der Waals surface area contributed by atoms with Crippen LogP contribution in [0.1, 0.15) is 26.2 Å². The van der Waals surface area contributed by atoms with E-state index in [1.165, 1.54) is 6.42 Å². The van der Waals surface area contributed by atoms with E-state index in [1.54, 1.807) is 0 Å². The maximum Gasteiger partial charge on any atom is 0.0695 e. The SMILES string of the molecule is [B]C(C)CCCC=C. The number of hydrogen-bond acceptors (Lipinski definition) is 0. The fourth-order valence-electron chi connectivity index (χ4n) is 0.584. The molecular weight excluding hydrogens is 94.9 g/mol. The van der Waals surface area contributed by atoms with Crippen molar-refractivity contribution in [2.75, 3.05) is 0 Å². The Morgan fingerprint density at radius 1 is 1.75 bits per heavy atom. The summed E-state index contributed by atoms with van der Waals surface area (Å²) in [6, 6.07) is 0. The summed E-state index contributed by atoms with van der Waals surface area (Å²) in [4.78, 5) is 0. The fourth-order valence-corrected chi connectivity index (χ4v) is 0.584. The van der Waals surface area contributed by atoms with Gasteiger partial charge >= 0.3 is 0 Å². The average Bonchev–Trinajstić information content (AvgIpc) is 1.66. The first-order chi connectivity index (χ1) is 3.77. The van der Waals surface area contributed by atoms with Gasteiger partial charge in [0.15, 0.2) is 0 Å². The Labute approximate surface area is 53.4 Å². The number of hydrogen-bond donors (Lipinski definition) is 0. The Morgan fingerprint density at radius 3 is 2.75 bits per heavy atom. The molecule has 0 nitrogen and oxygen atoms in total. The van der Waals surface area contributed by atoms with E-state index in [-0.39, 0.29) is 0 Å². The van der Waals surface area contributed by atoms with Gasteiger partial charge in [0.1, 0.15) is 0 Å². The number of allylic oxidation sites excluding steroid dienone is 1. The second kappa shape index (κ2) is 4.95. The Morgan fingerprint density at radius 2 is 2.38 bits per heavy atom. The lowest BCUT2D eigenvalue weighted by Gasteiger charge is -1.99. The van der Waals surface area contributed by atoms with Crippen LogP contribution in [0.4, 0.5) is 0 Å². The third kappa shape index (κ3) is 5.80. The van der Waals surface area contributed by atoms with E-state index in [2.05, 4.69) is 6.58 Å². The molecule has 0 aromatic rings. The van der Waals surface area contributed by atoms with Crippen molar-refractivity contribution in [1.29, 1.82) is 0 Å². The van der Waals surface area contributed by atoms with E-state index in [0.29, 0.717) is 5.82 Å². The second-order valence-corrected chi connectivity index (χ2v) is 2.20. The minimum atomic E-state index is 0.356. The summed E-state index contributed by atoms with van der Waals surface area (Å²) in [5, 5.41) is 0. The van der Waals surface area contributed by atoms with E-state index < -0.39 is 0 Å². The van der Waals surface area contributed by atoms with Gasteiger partial charge in [-0.05, 0) is 6.42 Å². The van der Waals surface area contributed by atoms with E-state index in [1.807, 2.05) is 13.0 Å². The molecule has 2 radical (unpaired) electrons. The largest absolute Gasteiger partial charge is 0.103 e. The first kappa shape index (κ1) is 7.80. The topological polar surface area (TPSA) is 0 Å². The Bertz CT molecular complexity index is 57.4. The van der Waals surface area contributed by atoms with Crippen molar-refractivity contribution in [2.45, 2.75) is 32.0 Å². The molecule has 0 saturated carbocycles. The standard InChI is InChI=1S/C7H13B/c1-3-4-5-6-7(2)8/h3,7H,1,4-6H2,2H3. The minimum absolute atomic E-state index is 0.356. The zero-order chi connectivity index (χ0) is 6.41. The van der Waals surface area contributed by atoms with Crippen LogP contribution in [0.3, 0.4) is 0 Å². The highest BCUT2D eigenvalue weighted by atomic mass is 13.9. The smallest absolute Gasteiger partial charge is 0.0695 e.